The summed E-state index contributed by atoms with van der Waals surface area (Å²) in [6.45, 7) is 6.51. The topological polar surface area (TPSA) is 70.7 Å². The minimum absolute atomic E-state index is 0.111. The Labute approximate surface area is 165 Å². The molecule has 1 unspecified atom stereocenters. The van der Waals surface area contributed by atoms with Gasteiger partial charge in [0, 0.05) is 30.4 Å². The molecule has 0 aliphatic carbocycles. The van der Waals surface area contributed by atoms with Gasteiger partial charge in [0.1, 0.15) is 11.8 Å². The molecule has 1 saturated heterocycles. The maximum atomic E-state index is 12.6. The molecule has 148 valence electrons. The van der Waals surface area contributed by atoms with E-state index in [0.717, 1.165) is 34.6 Å². The van der Waals surface area contributed by atoms with E-state index in [1.807, 2.05) is 57.2 Å². The SMILES string of the molecule is COc1cc(NC(C)C(=O)Nc2ccc(C)cc2C)ccc1N1CCCC1=O. The Morgan fingerprint density at radius 2 is 1.96 bits per heavy atom. The summed E-state index contributed by atoms with van der Waals surface area (Å²) < 4.78 is 5.48. The normalized spacial score (nSPS) is 14.7. The molecule has 6 nitrogen and oxygen atoms in total. The van der Waals surface area contributed by atoms with E-state index in [2.05, 4.69) is 10.6 Å². The van der Waals surface area contributed by atoms with E-state index in [1.165, 1.54) is 0 Å². The van der Waals surface area contributed by atoms with Crippen molar-refractivity contribution in [2.24, 2.45) is 0 Å². The smallest absolute Gasteiger partial charge is 0.246 e. The van der Waals surface area contributed by atoms with Gasteiger partial charge < -0.3 is 20.3 Å². The Morgan fingerprint density at radius 1 is 1.18 bits per heavy atom. The van der Waals surface area contributed by atoms with Crippen molar-refractivity contribution in [1.82, 2.24) is 0 Å². The predicted octanol–water partition coefficient (Wildman–Crippen LogP) is 3.88. The van der Waals surface area contributed by atoms with Crippen molar-refractivity contribution in [3.8, 4) is 5.75 Å². The third kappa shape index (κ3) is 4.27. The highest BCUT2D eigenvalue weighted by molar-refractivity contribution is 5.98. The Balaban J connectivity index is 1.70. The van der Waals surface area contributed by atoms with Crippen LogP contribution in [0.15, 0.2) is 36.4 Å². The number of rotatable bonds is 6. The molecule has 2 aromatic rings. The Morgan fingerprint density at radius 3 is 2.61 bits per heavy atom. The molecule has 2 amide bonds. The molecule has 28 heavy (non-hydrogen) atoms. The van der Waals surface area contributed by atoms with Crippen LogP contribution in [0.4, 0.5) is 17.1 Å². The standard InChI is InChI=1S/C22H27N3O3/c1-14-7-9-18(15(2)12-14)24-22(27)16(3)23-17-8-10-19(20(13-17)28-4)25-11-5-6-21(25)26/h7-10,12-13,16,23H,5-6,11H2,1-4H3,(H,24,27). The van der Waals surface area contributed by atoms with Crippen LogP contribution in [-0.2, 0) is 9.59 Å². The fourth-order valence-corrected chi connectivity index (χ4v) is 3.40. The largest absolute Gasteiger partial charge is 0.494 e. The fraction of sp³-hybridized carbons (Fsp3) is 0.364. The monoisotopic (exact) mass is 381 g/mol. The van der Waals surface area contributed by atoms with Crippen LogP contribution in [0, 0.1) is 13.8 Å². The van der Waals surface area contributed by atoms with Gasteiger partial charge in [-0.1, -0.05) is 17.7 Å². The number of anilines is 3. The number of benzene rings is 2. The van der Waals surface area contributed by atoms with Crippen molar-refractivity contribution in [1.29, 1.82) is 0 Å². The molecule has 2 N–H and O–H groups in total. The lowest BCUT2D eigenvalue weighted by Crippen LogP contribution is -2.32. The molecule has 1 fully saturated rings. The number of nitrogens with zero attached hydrogens (tertiary/aromatic N) is 1. The highest BCUT2D eigenvalue weighted by Crippen LogP contribution is 2.34. The van der Waals surface area contributed by atoms with E-state index >= 15 is 0 Å². The molecule has 6 heteroatoms. The average Bonchev–Trinajstić information content (AvgIpc) is 3.09. The summed E-state index contributed by atoms with van der Waals surface area (Å²) in [6, 6.07) is 11.0. The van der Waals surface area contributed by atoms with Crippen molar-refractivity contribution in [3.05, 3.63) is 47.5 Å². The number of nitrogens with one attached hydrogen (secondary N) is 2. The van der Waals surface area contributed by atoms with Crippen molar-refractivity contribution < 1.29 is 14.3 Å². The molecule has 0 aromatic heterocycles. The Bertz CT molecular complexity index is 895. The molecule has 1 aliphatic heterocycles. The zero-order valence-corrected chi connectivity index (χ0v) is 16.8. The van der Waals surface area contributed by atoms with Gasteiger partial charge >= 0.3 is 0 Å². The zero-order valence-electron chi connectivity index (χ0n) is 16.8. The van der Waals surface area contributed by atoms with E-state index in [1.54, 1.807) is 12.0 Å². The fourth-order valence-electron chi connectivity index (χ4n) is 3.40. The second-order valence-electron chi connectivity index (χ2n) is 7.21. The number of hydrogen-bond donors (Lipinski definition) is 2. The predicted molar refractivity (Wildman–Crippen MR) is 112 cm³/mol. The number of carbonyl (C=O) groups is 2. The van der Waals surface area contributed by atoms with Crippen LogP contribution < -0.4 is 20.3 Å². The lowest BCUT2D eigenvalue weighted by molar-refractivity contribution is -0.117. The second-order valence-corrected chi connectivity index (χ2v) is 7.21. The van der Waals surface area contributed by atoms with Crippen LogP contribution >= 0.6 is 0 Å². The summed E-state index contributed by atoms with van der Waals surface area (Å²) in [7, 11) is 1.58. The maximum absolute atomic E-state index is 12.6. The van der Waals surface area contributed by atoms with Crippen molar-refractivity contribution in [2.45, 2.75) is 39.7 Å². The third-order valence-electron chi connectivity index (χ3n) is 4.96. The highest BCUT2D eigenvalue weighted by atomic mass is 16.5. The molecule has 0 radical (unpaired) electrons. The van der Waals surface area contributed by atoms with Gasteiger partial charge in [-0.05, 0) is 51.0 Å². The first-order valence-electron chi connectivity index (χ1n) is 9.52. The maximum Gasteiger partial charge on any atom is 0.246 e. The molecular formula is C22H27N3O3. The molecule has 2 aromatic carbocycles. The summed E-state index contributed by atoms with van der Waals surface area (Å²) in [5.74, 6) is 0.604. The van der Waals surface area contributed by atoms with Crippen LogP contribution in [0.25, 0.3) is 0 Å². The minimum Gasteiger partial charge on any atom is -0.494 e. The van der Waals surface area contributed by atoms with Gasteiger partial charge in [-0.25, -0.2) is 0 Å². The lowest BCUT2D eigenvalue weighted by atomic mass is 10.1. The number of hydrogen-bond acceptors (Lipinski definition) is 4. The van der Waals surface area contributed by atoms with Crippen LogP contribution in [0.1, 0.15) is 30.9 Å². The first-order chi connectivity index (χ1) is 13.4. The zero-order chi connectivity index (χ0) is 20.3. The quantitative estimate of drug-likeness (QED) is 0.797. The summed E-state index contributed by atoms with van der Waals surface area (Å²) in [5, 5.41) is 6.16. The molecule has 1 heterocycles. The third-order valence-corrected chi connectivity index (χ3v) is 4.96. The number of carbonyl (C=O) groups excluding carboxylic acids is 2. The molecule has 1 atom stereocenters. The van der Waals surface area contributed by atoms with Crippen molar-refractivity contribution in [3.63, 3.8) is 0 Å². The number of methoxy groups -OCH3 is 1. The van der Waals surface area contributed by atoms with Gasteiger partial charge in [-0.3, -0.25) is 9.59 Å². The van der Waals surface area contributed by atoms with Gasteiger partial charge in [0.05, 0.1) is 12.8 Å². The molecule has 0 bridgehead atoms. The lowest BCUT2D eigenvalue weighted by Gasteiger charge is -2.21. The first-order valence-corrected chi connectivity index (χ1v) is 9.52. The van der Waals surface area contributed by atoms with Crippen LogP contribution in [0.5, 0.6) is 5.75 Å². The van der Waals surface area contributed by atoms with Gasteiger partial charge in [0.15, 0.2) is 0 Å². The summed E-state index contributed by atoms with van der Waals surface area (Å²) >= 11 is 0. The summed E-state index contributed by atoms with van der Waals surface area (Å²) in [4.78, 5) is 26.3. The van der Waals surface area contributed by atoms with Crippen LogP contribution in [0.2, 0.25) is 0 Å². The van der Waals surface area contributed by atoms with Crippen molar-refractivity contribution in [2.75, 3.05) is 29.2 Å². The van der Waals surface area contributed by atoms with Gasteiger partial charge in [-0.2, -0.15) is 0 Å². The second kappa shape index (κ2) is 8.33. The summed E-state index contributed by atoms with van der Waals surface area (Å²) in [6.07, 6.45) is 1.43. The molecule has 1 aliphatic rings. The van der Waals surface area contributed by atoms with Gasteiger partial charge in [-0.15, -0.1) is 0 Å². The average molecular weight is 381 g/mol. The number of amides is 2. The van der Waals surface area contributed by atoms with Crippen LogP contribution in [0.3, 0.4) is 0 Å². The van der Waals surface area contributed by atoms with Crippen LogP contribution in [-0.4, -0.2) is 31.5 Å². The van der Waals surface area contributed by atoms with E-state index < -0.39 is 6.04 Å². The Kier molecular flexibility index (Phi) is 5.87. The molecule has 0 saturated carbocycles. The van der Waals surface area contributed by atoms with E-state index in [-0.39, 0.29) is 11.8 Å². The van der Waals surface area contributed by atoms with Gasteiger partial charge in [0.25, 0.3) is 0 Å². The van der Waals surface area contributed by atoms with E-state index in [4.69, 9.17) is 4.74 Å². The van der Waals surface area contributed by atoms with E-state index in [9.17, 15) is 9.59 Å². The minimum atomic E-state index is -0.440. The van der Waals surface area contributed by atoms with Gasteiger partial charge in [0.2, 0.25) is 11.8 Å². The highest BCUT2D eigenvalue weighted by Gasteiger charge is 2.24. The Hall–Kier alpha value is -3.02. The number of ether oxygens (including phenoxy) is 1. The van der Waals surface area contributed by atoms with E-state index in [0.29, 0.717) is 18.7 Å². The first kappa shape index (κ1) is 19.7. The molecule has 3 rings (SSSR count). The molecular weight excluding hydrogens is 354 g/mol. The number of aryl methyl sites for hydroxylation is 2. The van der Waals surface area contributed by atoms with Crippen molar-refractivity contribution >= 4 is 28.9 Å². The molecule has 0 spiro atoms. The summed E-state index contributed by atoms with van der Waals surface area (Å²) in [5.41, 5.74) is 4.52.